The van der Waals surface area contributed by atoms with Crippen molar-refractivity contribution in [2.45, 2.75) is 17.7 Å². The summed E-state index contributed by atoms with van der Waals surface area (Å²) in [6, 6.07) is 7.82. The minimum absolute atomic E-state index is 0.0879. The Balaban J connectivity index is 0.000000397. The fourth-order valence-corrected chi connectivity index (χ4v) is 4.37. The molecule has 0 spiro atoms. The lowest BCUT2D eigenvalue weighted by molar-refractivity contribution is 0.353. The maximum atomic E-state index is 12.5. The molecule has 0 bridgehead atoms. The van der Waals surface area contributed by atoms with E-state index in [4.69, 9.17) is 21.1 Å². The number of rotatable bonds is 5. The first-order valence-corrected chi connectivity index (χ1v) is 10.9. The number of halogens is 2. The SMILES string of the molecule is CN1CCCC1.COc1cc(Br)c(S(=O)Nc2ccc(Cl)c(O)c2)cc1OC. The van der Waals surface area contributed by atoms with Gasteiger partial charge in [-0.2, -0.15) is 0 Å². The van der Waals surface area contributed by atoms with Crippen LogP contribution in [0.1, 0.15) is 12.8 Å². The number of nitrogens with one attached hydrogen (secondary N) is 1. The predicted octanol–water partition coefficient (Wildman–Crippen LogP) is 4.67. The van der Waals surface area contributed by atoms with Crippen LogP contribution >= 0.6 is 27.5 Å². The fourth-order valence-electron chi connectivity index (χ4n) is 2.59. The molecule has 28 heavy (non-hydrogen) atoms. The van der Waals surface area contributed by atoms with E-state index in [0.29, 0.717) is 26.6 Å². The third-order valence-corrected chi connectivity index (χ3v) is 6.52. The van der Waals surface area contributed by atoms with Crippen molar-refractivity contribution in [1.29, 1.82) is 0 Å². The number of phenolic OH excluding ortho intramolecular Hbond substituents is 1. The number of ether oxygens (including phenoxy) is 2. The predicted molar refractivity (Wildman–Crippen MR) is 117 cm³/mol. The van der Waals surface area contributed by atoms with Gasteiger partial charge in [0.2, 0.25) is 0 Å². The zero-order valence-electron chi connectivity index (χ0n) is 16.0. The van der Waals surface area contributed by atoms with Gasteiger partial charge in [-0.25, -0.2) is 4.21 Å². The Morgan fingerprint density at radius 3 is 2.25 bits per heavy atom. The van der Waals surface area contributed by atoms with Crippen molar-refractivity contribution < 1.29 is 18.8 Å². The number of phenols is 1. The quantitative estimate of drug-likeness (QED) is 0.636. The molecule has 0 aromatic heterocycles. The highest BCUT2D eigenvalue weighted by atomic mass is 79.9. The Hall–Kier alpha value is -1.48. The van der Waals surface area contributed by atoms with E-state index < -0.39 is 11.0 Å². The van der Waals surface area contributed by atoms with Gasteiger partial charge in [0.1, 0.15) is 5.75 Å². The van der Waals surface area contributed by atoms with Crippen LogP contribution in [0.25, 0.3) is 0 Å². The van der Waals surface area contributed by atoms with Crippen molar-refractivity contribution in [2.24, 2.45) is 0 Å². The molecule has 2 aromatic rings. The van der Waals surface area contributed by atoms with Gasteiger partial charge in [-0.15, -0.1) is 0 Å². The van der Waals surface area contributed by atoms with Crippen molar-refractivity contribution >= 4 is 44.2 Å². The molecule has 1 unspecified atom stereocenters. The van der Waals surface area contributed by atoms with Gasteiger partial charge in [0.15, 0.2) is 22.5 Å². The van der Waals surface area contributed by atoms with E-state index in [9.17, 15) is 9.32 Å². The van der Waals surface area contributed by atoms with E-state index in [1.54, 1.807) is 18.2 Å². The molecule has 2 N–H and O–H groups in total. The molecule has 0 radical (unpaired) electrons. The summed E-state index contributed by atoms with van der Waals surface area (Å²) in [6.07, 6.45) is 2.83. The van der Waals surface area contributed by atoms with Gasteiger partial charge in [-0.3, -0.25) is 0 Å². The second kappa shape index (κ2) is 10.9. The molecule has 6 nitrogen and oxygen atoms in total. The molecule has 0 amide bonds. The number of nitrogens with zero attached hydrogens (tertiary/aromatic N) is 1. The minimum Gasteiger partial charge on any atom is -0.506 e. The molecule has 1 atom stereocenters. The smallest absolute Gasteiger partial charge is 0.162 e. The molecule has 3 rings (SSSR count). The lowest BCUT2D eigenvalue weighted by Crippen LogP contribution is -2.10. The molecular formula is C19H24BrClN2O4S. The zero-order chi connectivity index (χ0) is 20.7. The summed E-state index contributed by atoms with van der Waals surface area (Å²) in [6.45, 7) is 2.64. The standard InChI is InChI=1S/C14H13BrClNO4S.C5H11N/c1-20-12-6-9(15)14(7-13(12)21-2)22(19)17-8-3-4-10(16)11(18)5-8;1-6-4-2-3-5-6/h3-7,17-18H,1-2H3;2-5H2,1H3. The van der Waals surface area contributed by atoms with E-state index in [0.717, 1.165) is 0 Å². The van der Waals surface area contributed by atoms with Gasteiger partial charge < -0.3 is 24.2 Å². The number of methoxy groups -OCH3 is 2. The van der Waals surface area contributed by atoms with Gasteiger partial charge in [0.05, 0.1) is 29.8 Å². The van der Waals surface area contributed by atoms with E-state index in [-0.39, 0.29) is 10.8 Å². The van der Waals surface area contributed by atoms with Crippen molar-refractivity contribution in [1.82, 2.24) is 4.90 Å². The summed E-state index contributed by atoms with van der Waals surface area (Å²) >= 11 is 9.09. The second-order valence-corrected chi connectivity index (χ2v) is 8.63. The summed E-state index contributed by atoms with van der Waals surface area (Å²) in [5.74, 6) is 0.907. The van der Waals surface area contributed by atoms with Gasteiger partial charge >= 0.3 is 0 Å². The van der Waals surface area contributed by atoms with Crippen molar-refractivity contribution in [3.63, 3.8) is 0 Å². The Kier molecular flexibility index (Phi) is 8.88. The third kappa shape index (κ3) is 6.27. The molecule has 2 aromatic carbocycles. The van der Waals surface area contributed by atoms with E-state index in [1.165, 1.54) is 52.3 Å². The van der Waals surface area contributed by atoms with Crippen LogP contribution in [0.4, 0.5) is 5.69 Å². The number of likely N-dealkylation sites (tertiary alicyclic amines) is 1. The summed E-state index contributed by atoms with van der Waals surface area (Å²) in [4.78, 5) is 2.84. The lowest BCUT2D eigenvalue weighted by Gasteiger charge is -2.12. The van der Waals surface area contributed by atoms with Crippen LogP contribution in [-0.2, 0) is 11.0 Å². The van der Waals surface area contributed by atoms with Crippen LogP contribution in [0, 0.1) is 0 Å². The second-order valence-electron chi connectivity index (χ2n) is 6.18. The van der Waals surface area contributed by atoms with Crippen LogP contribution in [0.3, 0.4) is 0 Å². The Bertz CT molecular complexity index is 832. The molecule has 0 saturated carbocycles. The van der Waals surface area contributed by atoms with E-state index >= 15 is 0 Å². The molecule has 1 aliphatic rings. The lowest BCUT2D eigenvalue weighted by atomic mass is 10.3. The number of hydrogen-bond acceptors (Lipinski definition) is 5. The number of benzene rings is 2. The summed E-state index contributed by atoms with van der Waals surface area (Å²) in [5.41, 5.74) is 0.474. The highest BCUT2D eigenvalue weighted by molar-refractivity contribution is 9.10. The van der Waals surface area contributed by atoms with Crippen molar-refractivity contribution in [3.05, 3.63) is 39.8 Å². The number of anilines is 1. The van der Waals surface area contributed by atoms with Gasteiger partial charge in [-0.05, 0) is 67.1 Å². The first-order chi connectivity index (χ1) is 13.3. The maximum absolute atomic E-state index is 12.5. The van der Waals surface area contributed by atoms with Gasteiger partial charge in [0, 0.05) is 16.6 Å². The molecule has 1 fully saturated rings. The fraction of sp³-hybridized carbons (Fsp3) is 0.368. The molecule has 9 heteroatoms. The maximum Gasteiger partial charge on any atom is 0.162 e. The summed E-state index contributed by atoms with van der Waals surface area (Å²) in [7, 11) is 3.63. The van der Waals surface area contributed by atoms with Crippen LogP contribution in [0.2, 0.25) is 5.02 Å². The average molecular weight is 492 g/mol. The molecule has 1 aliphatic heterocycles. The van der Waals surface area contributed by atoms with Crippen LogP contribution in [0.15, 0.2) is 39.7 Å². The Labute approximate surface area is 181 Å². The molecule has 1 saturated heterocycles. The van der Waals surface area contributed by atoms with Crippen LogP contribution in [0.5, 0.6) is 17.2 Å². The van der Waals surface area contributed by atoms with Crippen LogP contribution < -0.4 is 14.2 Å². The largest absolute Gasteiger partial charge is 0.506 e. The molecular weight excluding hydrogens is 468 g/mol. The topological polar surface area (TPSA) is 71.0 Å². The Morgan fingerprint density at radius 1 is 1.14 bits per heavy atom. The first-order valence-electron chi connectivity index (χ1n) is 8.62. The van der Waals surface area contributed by atoms with Crippen molar-refractivity contribution in [2.75, 3.05) is 39.1 Å². The van der Waals surface area contributed by atoms with Crippen molar-refractivity contribution in [3.8, 4) is 17.2 Å². The molecule has 154 valence electrons. The van der Waals surface area contributed by atoms with Crippen LogP contribution in [-0.4, -0.2) is 48.6 Å². The minimum atomic E-state index is -1.57. The third-order valence-electron chi connectivity index (χ3n) is 4.12. The molecule has 0 aliphatic carbocycles. The Morgan fingerprint density at radius 2 is 1.75 bits per heavy atom. The summed E-state index contributed by atoms with van der Waals surface area (Å²) in [5, 5.41) is 9.80. The van der Waals surface area contributed by atoms with E-state index in [2.05, 4.69) is 32.6 Å². The molecule has 1 heterocycles. The highest BCUT2D eigenvalue weighted by Crippen LogP contribution is 2.35. The summed E-state index contributed by atoms with van der Waals surface area (Å²) < 4.78 is 26.2. The van der Waals surface area contributed by atoms with Gasteiger partial charge in [0.25, 0.3) is 0 Å². The first kappa shape index (κ1) is 22.8. The monoisotopic (exact) mass is 490 g/mol. The normalized spacial score (nSPS) is 14.8. The average Bonchev–Trinajstić information content (AvgIpc) is 3.15. The number of aromatic hydroxyl groups is 1. The number of hydrogen-bond donors (Lipinski definition) is 2. The zero-order valence-corrected chi connectivity index (χ0v) is 19.2. The highest BCUT2D eigenvalue weighted by Gasteiger charge is 2.15. The van der Waals surface area contributed by atoms with Gasteiger partial charge in [-0.1, -0.05) is 11.6 Å². The van der Waals surface area contributed by atoms with E-state index in [1.807, 2.05) is 0 Å².